The highest BCUT2D eigenvalue weighted by Crippen LogP contribution is 2.25. The summed E-state index contributed by atoms with van der Waals surface area (Å²) in [6.07, 6.45) is 3.89. The summed E-state index contributed by atoms with van der Waals surface area (Å²) in [5.41, 5.74) is 3.10. The minimum absolute atomic E-state index is 1.27. The Hall–Kier alpha value is -0.470. The van der Waals surface area contributed by atoms with Crippen LogP contribution < -0.4 is 4.72 Å². The molecule has 1 nitrogen and oxygen atoms in total. The highest BCUT2D eigenvalue weighted by atomic mass is 32.2. The maximum absolute atomic E-state index is 3.09. The third-order valence-electron chi connectivity index (χ3n) is 2.29. The summed E-state index contributed by atoms with van der Waals surface area (Å²) in [5, 5.41) is 0. The van der Waals surface area contributed by atoms with Crippen molar-refractivity contribution in [3.05, 3.63) is 29.3 Å². The maximum atomic E-state index is 3.09. The molecule has 1 aromatic carbocycles. The second-order valence-electron chi connectivity index (χ2n) is 3.09. The van der Waals surface area contributed by atoms with E-state index in [0.29, 0.717) is 0 Å². The Bertz CT molecular complexity index is 283. The minimum Gasteiger partial charge on any atom is -0.263 e. The molecule has 0 saturated carbocycles. The molecule has 0 aliphatic heterocycles. The van der Waals surface area contributed by atoms with Crippen LogP contribution in [0.15, 0.2) is 23.1 Å². The van der Waals surface area contributed by atoms with E-state index < -0.39 is 0 Å². The molecule has 0 radical (unpaired) electrons. The number of fused-ring (bicyclic) bond motifs is 1. The first-order chi connectivity index (χ1) is 5.90. The van der Waals surface area contributed by atoms with Crippen molar-refractivity contribution >= 4 is 11.9 Å². The summed E-state index contributed by atoms with van der Waals surface area (Å²) in [6.45, 7) is 0. The van der Waals surface area contributed by atoms with Gasteiger partial charge in [-0.25, -0.2) is 0 Å². The fourth-order valence-electron chi connectivity index (χ4n) is 1.73. The first-order valence-corrected chi connectivity index (χ1v) is 5.17. The van der Waals surface area contributed by atoms with E-state index in [2.05, 4.69) is 22.9 Å². The lowest BCUT2D eigenvalue weighted by Crippen LogP contribution is -1.91. The van der Waals surface area contributed by atoms with Gasteiger partial charge in [0.1, 0.15) is 0 Å². The van der Waals surface area contributed by atoms with Gasteiger partial charge in [0, 0.05) is 4.90 Å². The average molecular weight is 179 g/mol. The predicted octanol–water partition coefficient (Wildman–Crippen LogP) is 2.40. The molecule has 12 heavy (non-hydrogen) atoms. The van der Waals surface area contributed by atoms with Crippen LogP contribution in [-0.2, 0) is 12.8 Å². The Morgan fingerprint density at radius 2 is 2.08 bits per heavy atom. The molecule has 1 aliphatic carbocycles. The van der Waals surface area contributed by atoms with E-state index in [9.17, 15) is 0 Å². The Morgan fingerprint density at radius 3 is 2.92 bits per heavy atom. The summed E-state index contributed by atoms with van der Waals surface area (Å²) in [6, 6.07) is 6.77. The highest BCUT2D eigenvalue weighted by molar-refractivity contribution is 7.97. The molecule has 0 fully saturated rings. The minimum atomic E-state index is 1.27. The van der Waals surface area contributed by atoms with Gasteiger partial charge in [0.25, 0.3) is 0 Å². The molecule has 1 N–H and O–H groups in total. The van der Waals surface area contributed by atoms with Gasteiger partial charge in [-0.1, -0.05) is 6.07 Å². The molecule has 0 aromatic heterocycles. The van der Waals surface area contributed by atoms with Crippen molar-refractivity contribution in [3.63, 3.8) is 0 Å². The lowest BCUT2D eigenvalue weighted by Gasteiger charge is -2.02. The molecule has 1 aliphatic rings. The molecule has 2 heteroatoms. The molecule has 1 aromatic rings. The second-order valence-corrected chi connectivity index (χ2v) is 4.17. The standard InChI is InChI=1S/C10H13NS/c1-11-12-10-6-5-8-3-2-4-9(8)7-10/h5-7,11H,2-4H2,1H3. The van der Waals surface area contributed by atoms with Crippen molar-refractivity contribution in [1.29, 1.82) is 0 Å². The molecule has 0 spiro atoms. The molecule has 0 bridgehead atoms. The first-order valence-electron chi connectivity index (χ1n) is 4.35. The Morgan fingerprint density at radius 1 is 1.25 bits per heavy atom. The SMILES string of the molecule is CNSc1ccc2c(c1)CCC2. The van der Waals surface area contributed by atoms with Crippen LogP contribution in [0.3, 0.4) is 0 Å². The van der Waals surface area contributed by atoms with E-state index in [-0.39, 0.29) is 0 Å². The van der Waals surface area contributed by atoms with Gasteiger partial charge in [-0.05, 0) is 61.5 Å². The number of nitrogens with one attached hydrogen (secondary N) is 1. The van der Waals surface area contributed by atoms with Gasteiger partial charge in [0.15, 0.2) is 0 Å². The van der Waals surface area contributed by atoms with Crippen LogP contribution in [-0.4, -0.2) is 7.05 Å². The summed E-state index contributed by atoms with van der Waals surface area (Å²) in [5.74, 6) is 0. The largest absolute Gasteiger partial charge is 0.263 e. The number of aryl methyl sites for hydroxylation is 2. The van der Waals surface area contributed by atoms with Crippen LogP contribution >= 0.6 is 11.9 Å². The number of rotatable bonds is 2. The lowest BCUT2D eigenvalue weighted by molar-refractivity contribution is 0.911. The summed E-state index contributed by atoms with van der Waals surface area (Å²) in [7, 11) is 1.96. The van der Waals surface area contributed by atoms with Gasteiger partial charge in [-0.15, -0.1) is 0 Å². The van der Waals surface area contributed by atoms with E-state index in [4.69, 9.17) is 0 Å². The number of hydrogen-bond acceptors (Lipinski definition) is 2. The zero-order valence-electron chi connectivity index (χ0n) is 7.26. The second kappa shape index (κ2) is 3.50. The zero-order chi connectivity index (χ0) is 8.39. The Kier molecular flexibility index (Phi) is 2.38. The van der Waals surface area contributed by atoms with E-state index >= 15 is 0 Å². The molecule has 0 saturated heterocycles. The lowest BCUT2D eigenvalue weighted by atomic mass is 10.1. The van der Waals surface area contributed by atoms with Crippen molar-refractivity contribution in [3.8, 4) is 0 Å². The number of benzene rings is 1. The number of hydrogen-bond donors (Lipinski definition) is 1. The topological polar surface area (TPSA) is 12.0 Å². The van der Waals surface area contributed by atoms with Gasteiger partial charge in [0.05, 0.1) is 0 Å². The van der Waals surface area contributed by atoms with Crippen molar-refractivity contribution < 1.29 is 0 Å². The van der Waals surface area contributed by atoms with Gasteiger partial charge in [0.2, 0.25) is 0 Å². The van der Waals surface area contributed by atoms with Crippen LogP contribution in [0.5, 0.6) is 0 Å². The fourth-order valence-corrected chi connectivity index (χ4v) is 2.30. The molecule has 2 rings (SSSR count). The van der Waals surface area contributed by atoms with Crippen molar-refractivity contribution in [1.82, 2.24) is 4.72 Å². The van der Waals surface area contributed by atoms with Crippen LogP contribution in [0, 0.1) is 0 Å². The predicted molar refractivity (Wildman–Crippen MR) is 53.4 cm³/mol. The van der Waals surface area contributed by atoms with E-state index in [0.717, 1.165) is 0 Å². The van der Waals surface area contributed by atoms with Crippen molar-refractivity contribution in [2.75, 3.05) is 7.05 Å². The fraction of sp³-hybridized carbons (Fsp3) is 0.400. The van der Waals surface area contributed by atoms with E-state index in [1.165, 1.54) is 24.2 Å². The summed E-state index contributed by atoms with van der Waals surface area (Å²) < 4.78 is 3.09. The van der Waals surface area contributed by atoms with Gasteiger partial charge in [-0.3, -0.25) is 4.72 Å². The molecule has 64 valence electrons. The van der Waals surface area contributed by atoms with Gasteiger partial charge in [-0.2, -0.15) is 0 Å². The van der Waals surface area contributed by atoms with Gasteiger partial charge < -0.3 is 0 Å². The van der Waals surface area contributed by atoms with Crippen molar-refractivity contribution in [2.24, 2.45) is 0 Å². The molecular formula is C10H13NS. The third-order valence-corrected chi connectivity index (χ3v) is 2.98. The van der Waals surface area contributed by atoms with Crippen molar-refractivity contribution in [2.45, 2.75) is 24.2 Å². The monoisotopic (exact) mass is 179 g/mol. The zero-order valence-corrected chi connectivity index (χ0v) is 8.08. The maximum Gasteiger partial charge on any atom is 0.0230 e. The highest BCUT2D eigenvalue weighted by Gasteiger charge is 2.10. The Balaban J connectivity index is 2.26. The van der Waals surface area contributed by atoms with Crippen LogP contribution in [0.4, 0.5) is 0 Å². The molecule has 0 atom stereocenters. The average Bonchev–Trinajstić information content (AvgIpc) is 2.51. The van der Waals surface area contributed by atoms with Crippen LogP contribution in [0.25, 0.3) is 0 Å². The van der Waals surface area contributed by atoms with Crippen LogP contribution in [0.2, 0.25) is 0 Å². The molecule has 0 heterocycles. The smallest absolute Gasteiger partial charge is 0.0230 e. The molecular weight excluding hydrogens is 166 g/mol. The van der Waals surface area contributed by atoms with Gasteiger partial charge >= 0.3 is 0 Å². The Labute approximate surface area is 77.7 Å². The summed E-state index contributed by atoms with van der Waals surface area (Å²) >= 11 is 1.69. The molecule has 0 unspecified atom stereocenters. The van der Waals surface area contributed by atoms with Crippen LogP contribution in [0.1, 0.15) is 17.5 Å². The van der Waals surface area contributed by atoms with E-state index in [1.54, 1.807) is 23.1 Å². The molecule has 0 amide bonds. The quantitative estimate of drug-likeness (QED) is 0.700. The van der Waals surface area contributed by atoms with E-state index in [1.807, 2.05) is 7.05 Å². The summed E-state index contributed by atoms with van der Waals surface area (Å²) in [4.78, 5) is 1.33. The third kappa shape index (κ3) is 1.50. The normalized spacial score (nSPS) is 14.8. The first kappa shape index (κ1) is 8.14.